The summed E-state index contributed by atoms with van der Waals surface area (Å²) >= 11 is 3.44. The fourth-order valence-electron chi connectivity index (χ4n) is 2.06. The zero-order chi connectivity index (χ0) is 15.2. The average molecular weight is 347 g/mol. The quantitative estimate of drug-likeness (QED) is 0.867. The van der Waals surface area contributed by atoms with Crippen molar-refractivity contribution in [2.75, 3.05) is 7.05 Å². The van der Waals surface area contributed by atoms with E-state index in [4.69, 9.17) is 0 Å². The van der Waals surface area contributed by atoms with E-state index in [9.17, 15) is 4.79 Å². The van der Waals surface area contributed by atoms with Gasteiger partial charge in [0.25, 0.3) is 5.91 Å². The van der Waals surface area contributed by atoms with Gasteiger partial charge in [0.1, 0.15) is 0 Å². The van der Waals surface area contributed by atoms with Crippen molar-refractivity contribution < 1.29 is 4.79 Å². The molecule has 2 aromatic carbocycles. The lowest BCUT2D eigenvalue weighted by molar-refractivity contribution is 0.0963. The Labute approximate surface area is 133 Å². The number of rotatable bonds is 5. The molecule has 1 unspecified atom stereocenters. The molecule has 1 amide bonds. The Balaban J connectivity index is 1.93. The van der Waals surface area contributed by atoms with Crippen molar-refractivity contribution in [3.8, 4) is 0 Å². The molecule has 0 aromatic heterocycles. The summed E-state index contributed by atoms with van der Waals surface area (Å²) in [5, 5.41) is 6.10. The second-order valence-corrected chi connectivity index (χ2v) is 5.85. The van der Waals surface area contributed by atoms with Gasteiger partial charge < -0.3 is 10.6 Å². The smallest absolute Gasteiger partial charge is 0.251 e. The third-order valence-electron chi connectivity index (χ3n) is 3.43. The Bertz CT molecular complexity index is 593. The van der Waals surface area contributed by atoms with Gasteiger partial charge in [0.2, 0.25) is 0 Å². The van der Waals surface area contributed by atoms with Crippen molar-refractivity contribution in [2.24, 2.45) is 0 Å². The molecule has 1 atom stereocenters. The highest BCUT2D eigenvalue weighted by atomic mass is 79.9. The normalized spacial score (nSPS) is 12.0. The number of hydrogen-bond acceptors (Lipinski definition) is 2. The molecule has 2 aromatic rings. The number of amides is 1. The monoisotopic (exact) mass is 346 g/mol. The van der Waals surface area contributed by atoms with Gasteiger partial charge in [0.15, 0.2) is 0 Å². The molecule has 2 N–H and O–H groups in total. The Morgan fingerprint density at radius 1 is 1.10 bits per heavy atom. The van der Waals surface area contributed by atoms with Crippen LogP contribution in [0.25, 0.3) is 0 Å². The summed E-state index contributed by atoms with van der Waals surface area (Å²) in [6, 6.07) is 16.2. The summed E-state index contributed by atoms with van der Waals surface area (Å²) in [4.78, 5) is 11.5. The molecule has 21 heavy (non-hydrogen) atoms. The summed E-state index contributed by atoms with van der Waals surface area (Å²) in [7, 11) is 1.64. The standard InChI is InChI=1S/C17H19BrN2O/c1-12(14-7-9-16(18)10-8-14)20-11-13-3-5-15(6-4-13)17(21)19-2/h3-10,12,20H,11H2,1-2H3,(H,19,21). The van der Waals surface area contributed by atoms with Crippen molar-refractivity contribution >= 4 is 21.8 Å². The molecule has 2 rings (SSSR count). The summed E-state index contributed by atoms with van der Waals surface area (Å²) in [6.45, 7) is 2.91. The minimum Gasteiger partial charge on any atom is -0.355 e. The van der Waals surface area contributed by atoms with E-state index in [1.807, 2.05) is 36.4 Å². The number of benzene rings is 2. The predicted molar refractivity (Wildman–Crippen MR) is 89.2 cm³/mol. The Morgan fingerprint density at radius 2 is 1.71 bits per heavy atom. The first-order valence-electron chi connectivity index (χ1n) is 6.90. The van der Waals surface area contributed by atoms with Gasteiger partial charge in [0.05, 0.1) is 0 Å². The number of carbonyl (C=O) groups excluding carboxylic acids is 1. The third-order valence-corrected chi connectivity index (χ3v) is 3.95. The highest BCUT2D eigenvalue weighted by Crippen LogP contribution is 2.17. The van der Waals surface area contributed by atoms with Gasteiger partial charge in [-0.25, -0.2) is 0 Å². The highest BCUT2D eigenvalue weighted by molar-refractivity contribution is 9.10. The lowest BCUT2D eigenvalue weighted by atomic mass is 10.1. The van der Waals surface area contributed by atoms with Gasteiger partial charge in [-0.1, -0.05) is 40.2 Å². The maximum absolute atomic E-state index is 11.5. The first-order chi connectivity index (χ1) is 10.1. The Kier molecular flexibility index (Phi) is 5.53. The molecule has 110 valence electrons. The van der Waals surface area contributed by atoms with Crippen LogP contribution >= 0.6 is 15.9 Å². The van der Waals surface area contributed by atoms with Gasteiger partial charge >= 0.3 is 0 Å². The fraction of sp³-hybridized carbons (Fsp3) is 0.235. The molecule has 0 aliphatic carbocycles. The third kappa shape index (κ3) is 4.41. The largest absolute Gasteiger partial charge is 0.355 e. The maximum atomic E-state index is 11.5. The van der Waals surface area contributed by atoms with Crippen LogP contribution in [0.4, 0.5) is 0 Å². The lowest BCUT2D eigenvalue weighted by Crippen LogP contribution is -2.19. The molecule has 0 bridgehead atoms. The molecule has 0 aliphatic heterocycles. The molecule has 0 saturated carbocycles. The molecular formula is C17H19BrN2O. The first kappa shape index (κ1) is 15.7. The van der Waals surface area contributed by atoms with Gasteiger partial charge in [-0.05, 0) is 42.3 Å². The van der Waals surface area contributed by atoms with Crippen LogP contribution in [0.5, 0.6) is 0 Å². The first-order valence-corrected chi connectivity index (χ1v) is 7.69. The van der Waals surface area contributed by atoms with Crippen LogP contribution in [-0.2, 0) is 6.54 Å². The van der Waals surface area contributed by atoms with Gasteiger partial charge in [0, 0.05) is 29.7 Å². The van der Waals surface area contributed by atoms with Crippen LogP contribution in [0, 0.1) is 0 Å². The van der Waals surface area contributed by atoms with E-state index in [0.29, 0.717) is 5.56 Å². The second kappa shape index (κ2) is 7.38. The highest BCUT2D eigenvalue weighted by Gasteiger charge is 2.06. The van der Waals surface area contributed by atoms with Crippen molar-refractivity contribution in [3.05, 3.63) is 69.7 Å². The van der Waals surface area contributed by atoms with Crippen LogP contribution in [0.2, 0.25) is 0 Å². The molecule has 4 heteroatoms. The fourth-order valence-corrected chi connectivity index (χ4v) is 2.32. The van der Waals surface area contributed by atoms with Crippen molar-refractivity contribution in [2.45, 2.75) is 19.5 Å². The van der Waals surface area contributed by atoms with E-state index in [1.54, 1.807) is 7.05 Å². The topological polar surface area (TPSA) is 41.1 Å². The summed E-state index contributed by atoms with van der Waals surface area (Å²) in [6.07, 6.45) is 0. The van der Waals surface area contributed by atoms with Gasteiger partial charge in [-0.2, -0.15) is 0 Å². The van der Waals surface area contributed by atoms with Crippen molar-refractivity contribution in [1.29, 1.82) is 0 Å². The second-order valence-electron chi connectivity index (χ2n) is 4.93. The molecule has 0 aliphatic rings. The van der Waals surface area contributed by atoms with Crippen LogP contribution < -0.4 is 10.6 Å². The molecule has 0 saturated heterocycles. The predicted octanol–water partition coefficient (Wildman–Crippen LogP) is 3.66. The van der Waals surface area contributed by atoms with Crippen molar-refractivity contribution in [1.82, 2.24) is 10.6 Å². The lowest BCUT2D eigenvalue weighted by Gasteiger charge is -2.14. The molecule has 0 radical (unpaired) electrons. The zero-order valence-electron chi connectivity index (χ0n) is 12.2. The number of carbonyl (C=O) groups is 1. The van der Waals surface area contributed by atoms with E-state index >= 15 is 0 Å². The van der Waals surface area contributed by atoms with E-state index in [1.165, 1.54) is 5.56 Å². The van der Waals surface area contributed by atoms with E-state index < -0.39 is 0 Å². The molecule has 0 heterocycles. The number of hydrogen-bond donors (Lipinski definition) is 2. The number of nitrogens with one attached hydrogen (secondary N) is 2. The average Bonchev–Trinajstić information content (AvgIpc) is 2.53. The minimum atomic E-state index is -0.0576. The van der Waals surface area contributed by atoms with Crippen molar-refractivity contribution in [3.63, 3.8) is 0 Å². The van der Waals surface area contributed by atoms with E-state index in [0.717, 1.165) is 16.6 Å². The summed E-state index contributed by atoms with van der Waals surface area (Å²) in [5.41, 5.74) is 3.09. The van der Waals surface area contributed by atoms with E-state index in [2.05, 4.69) is 45.6 Å². The zero-order valence-corrected chi connectivity index (χ0v) is 13.8. The van der Waals surface area contributed by atoms with Crippen LogP contribution in [0.3, 0.4) is 0 Å². The maximum Gasteiger partial charge on any atom is 0.251 e. The van der Waals surface area contributed by atoms with Crippen LogP contribution in [0.15, 0.2) is 53.0 Å². The molecule has 0 fully saturated rings. The minimum absolute atomic E-state index is 0.0576. The summed E-state index contributed by atoms with van der Waals surface area (Å²) in [5.74, 6) is -0.0576. The Morgan fingerprint density at radius 3 is 2.29 bits per heavy atom. The molecule has 3 nitrogen and oxygen atoms in total. The van der Waals surface area contributed by atoms with Gasteiger partial charge in [-0.3, -0.25) is 4.79 Å². The van der Waals surface area contributed by atoms with Gasteiger partial charge in [-0.15, -0.1) is 0 Å². The van der Waals surface area contributed by atoms with Crippen LogP contribution in [-0.4, -0.2) is 13.0 Å². The molecule has 0 spiro atoms. The SMILES string of the molecule is CNC(=O)c1ccc(CNC(C)c2ccc(Br)cc2)cc1. The van der Waals surface area contributed by atoms with E-state index in [-0.39, 0.29) is 11.9 Å². The number of halogens is 1. The Hall–Kier alpha value is -1.65. The summed E-state index contributed by atoms with van der Waals surface area (Å²) < 4.78 is 1.09. The molecular weight excluding hydrogens is 328 g/mol. The van der Waals surface area contributed by atoms with Crippen LogP contribution in [0.1, 0.15) is 34.5 Å².